The molecule has 3 nitrogen and oxygen atoms in total. The van der Waals surface area contributed by atoms with Crippen molar-refractivity contribution in [3.05, 3.63) is 70.8 Å². The second-order valence-corrected chi connectivity index (χ2v) is 4.73. The van der Waals surface area contributed by atoms with Crippen LogP contribution in [0.1, 0.15) is 28.4 Å². The number of ether oxygens (including phenoxy) is 1. The van der Waals surface area contributed by atoms with Crippen LogP contribution in [0.25, 0.3) is 0 Å². The molecule has 0 heterocycles. The average molecular weight is 305 g/mol. The summed E-state index contributed by atoms with van der Waals surface area (Å²) in [7, 11) is 0. The van der Waals surface area contributed by atoms with Crippen LogP contribution in [0.5, 0.6) is 0 Å². The quantitative estimate of drug-likeness (QED) is 0.888. The van der Waals surface area contributed by atoms with Gasteiger partial charge in [0.15, 0.2) is 0 Å². The molecule has 0 bridgehead atoms. The first kappa shape index (κ1) is 16.1. The van der Waals surface area contributed by atoms with Crippen molar-refractivity contribution in [3.8, 4) is 0 Å². The average Bonchev–Trinajstić information content (AvgIpc) is 2.51. The van der Waals surface area contributed by atoms with E-state index < -0.39 is 23.1 Å². The van der Waals surface area contributed by atoms with E-state index in [-0.39, 0.29) is 6.54 Å². The lowest BCUT2D eigenvalue weighted by Gasteiger charge is -2.08. The Morgan fingerprint density at radius 3 is 2.23 bits per heavy atom. The van der Waals surface area contributed by atoms with E-state index in [0.29, 0.717) is 13.2 Å². The van der Waals surface area contributed by atoms with Gasteiger partial charge in [0.05, 0.1) is 6.61 Å². The monoisotopic (exact) mass is 305 g/mol. The van der Waals surface area contributed by atoms with Crippen LogP contribution in [0, 0.1) is 11.6 Å². The Morgan fingerprint density at radius 2 is 1.64 bits per heavy atom. The van der Waals surface area contributed by atoms with Gasteiger partial charge in [-0.05, 0) is 30.2 Å². The van der Waals surface area contributed by atoms with E-state index in [2.05, 4.69) is 5.32 Å². The standard InChI is InChI=1S/C17H17F2NO2/c1-2-22-11-13-8-6-12(7-9-13)10-20-17(21)16-14(18)4-3-5-15(16)19/h3-9H,2,10-11H2,1H3,(H,20,21). The lowest BCUT2D eigenvalue weighted by Crippen LogP contribution is -2.25. The molecule has 0 aliphatic rings. The van der Waals surface area contributed by atoms with E-state index in [1.807, 2.05) is 31.2 Å². The van der Waals surface area contributed by atoms with Crippen molar-refractivity contribution in [2.45, 2.75) is 20.1 Å². The summed E-state index contributed by atoms with van der Waals surface area (Å²) in [4.78, 5) is 11.9. The summed E-state index contributed by atoms with van der Waals surface area (Å²) in [6.07, 6.45) is 0. The maximum Gasteiger partial charge on any atom is 0.257 e. The topological polar surface area (TPSA) is 38.3 Å². The highest BCUT2D eigenvalue weighted by Crippen LogP contribution is 2.12. The lowest BCUT2D eigenvalue weighted by atomic mass is 10.1. The number of hydrogen-bond donors (Lipinski definition) is 1. The molecule has 0 aliphatic heterocycles. The van der Waals surface area contributed by atoms with Crippen molar-refractivity contribution in [1.29, 1.82) is 0 Å². The maximum atomic E-state index is 13.5. The number of benzene rings is 2. The van der Waals surface area contributed by atoms with Gasteiger partial charge in [-0.15, -0.1) is 0 Å². The Bertz CT molecular complexity index is 621. The first-order chi connectivity index (χ1) is 10.6. The van der Waals surface area contributed by atoms with E-state index in [9.17, 15) is 13.6 Å². The van der Waals surface area contributed by atoms with Crippen molar-refractivity contribution in [2.24, 2.45) is 0 Å². The van der Waals surface area contributed by atoms with Crippen molar-refractivity contribution in [3.63, 3.8) is 0 Å². The van der Waals surface area contributed by atoms with E-state index in [1.54, 1.807) is 0 Å². The molecule has 22 heavy (non-hydrogen) atoms. The van der Waals surface area contributed by atoms with Crippen LogP contribution < -0.4 is 5.32 Å². The van der Waals surface area contributed by atoms with Crippen LogP contribution in [0.2, 0.25) is 0 Å². The van der Waals surface area contributed by atoms with Crippen molar-refractivity contribution in [2.75, 3.05) is 6.61 Å². The molecule has 116 valence electrons. The zero-order chi connectivity index (χ0) is 15.9. The summed E-state index contributed by atoms with van der Waals surface area (Å²) in [5.74, 6) is -2.51. The summed E-state index contributed by atoms with van der Waals surface area (Å²) < 4.78 is 32.3. The second-order valence-electron chi connectivity index (χ2n) is 4.73. The predicted octanol–water partition coefficient (Wildman–Crippen LogP) is 3.43. The molecular weight excluding hydrogens is 288 g/mol. The largest absolute Gasteiger partial charge is 0.377 e. The highest BCUT2D eigenvalue weighted by molar-refractivity contribution is 5.94. The zero-order valence-corrected chi connectivity index (χ0v) is 12.2. The minimum atomic E-state index is -0.871. The summed E-state index contributed by atoms with van der Waals surface area (Å²) in [5, 5.41) is 2.51. The second kappa shape index (κ2) is 7.66. The molecule has 2 rings (SSSR count). The Labute approximate surface area is 127 Å². The molecule has 0 radical (unpaired) electrons. The van der Waals surface area contributed by atoms with E-state index in [1.165, 1.54) is 6.07 Å². The molecule has 1 amide bonds. The van der Waals surface area contributed by atoms with E-state index in [4.69, 9.17) is 4.74 Å². The van der Waals surface area contributed by atoms with Crippen LogP contribution in [-0.4, -0.2) is 12.5 Å². The Kier molecular flexibility index (Phi) is 5.61. The number of rotatable bonds is 6. The van der Waals surface area contributed by atoms with Gasteiger partial charge in [0.25, 0.3) is 5.91 Å². The van der Waals surface area contributed by atoms with Crippen LogP contribution in [0.15, 0.2) is 42.5 Å². The molecule has 0 saturated carbocycles. The molecule has 2 aromatic rings. The molecule has 0 spiro atoms. The fraction of sp³-hybridized carbons (Fsp3) is 0.235. The SMILES string of the molecule is CCOCc1ccc(CNC(=O)c2c(F)cccc2F)cc1. The molecule has 0 aliphatic carbocycles. The van der Waals surface area contributed by atoms with Gasteiger partial charge < -0.3 is 10.1 Å². The Morgan fingerprint density at radius 1 is 1.05 bits per heavy atom. The molecule has 0 saturated heterocycles. The molecule has 0 aromatic heterocycles. The minimum Gasteiger partial charge on any atom is -0.377 e. The fourth-order valence-electron chi connectivity index (χ4n) is 1.96. The number of nitrogens with one attached hydrogen (secondary N) is 1. The third-order valence-electron chi connectivity index (χ3n) is 3.14. The van der Waals surface area contributed by atoms with Crippen molar-refractivity contribution >= 4 is 5.91 Å². The third-order valence-corrected chi connectivity index (χ3v) is 3.14. The maximum absolute atomic E-state index is 13.5. The van der Waals surface area contributed by atoms with Gasteiger partial charge in [-0.1, -0.05) is 30.3 Å². The fourth-order valence-corrected chi connectivity index (χ4v) is 1.96. The van der Waals surface area contributed by atoms with Gasteiger partial charge in [0.2, 0.25) is 0 Å². The molecule has 2 aromatic carbocycles. The van der Waals surface area contributed by atoms with Crippen LogP contribution in [0.4, 0.5) is 8.78 Å². The Balaban J connectivity index is 1.96. The van der Waals surface area contributed by atoms with Gasteiger partial charge in [-0.2, -0.15) is 0 Å². The van der Waals surface area contributed by atoms with Crippen molar-refractivity contribution in [1.82, 2.24) is 5.32 Å². The predicted molar refractivity (Wildman–Crippen MR) is 79.3 cm³/mol. The van der Waals surface area contributed by atoms with Crippen LogP contribution in [0.3, 0.4) is 0 Å². The van der Waals surface area contributed by atoms with Gasteiger partial charge in [0, 0.05) is 13.2 Å². The van der Waals surface area contributed by atoms with Gasteiger partial charge in [-0.25, -0.2) is 8.78 Å². The number of hydrogen-bond acceptors (Lipinski definition) is 2. The lowest BCUT2D eigenvalue weighted by molar-refractivity contribution is 0.0942. The summed E-state index contributed by atoms with van der Waals surface area (Å²) in [6.45, 7) is 3.29. The normalized spacial score (nSPS) is 10.5. The zero-order valence-electron chi connectivity index (χ0n) is 12.2. The van der Waals surface area contributed by atoms with E-state index >= 15 is 0 Å². The highest BCUT2D eigenvalue weighted by atomic mass is 19.1. The first-order valence-electron chi connectivity index (χ1n) is 6.99. The Hall–Kier alpha value is -2.27. The number of amides is 1. The molecule has 5 heteroatoms. The van der Waals surface area contributed by atoms with Crippen LogP contribution in [-0.2, 0) is 17.9 Å². The molecule has 0 atom stereocenters. The van der Waals surface area contributed by atoms with Crippen molar-refractivity contribution < 1.29 is 18.3 Å². The molecule has 0 unspecified atom stereocenters. The summed E-state index contributed by atoms with van der Waals surface area (Å²) in [5.41, 5.74) is 1.30. The smallest absolute Gasteiger partial charge is 0.257 e. The third kappa shape index (κ3) is 4.11. The van der Waals surface area contributed by atoms with E-state index in [0.717, 1.165) is 23.3 Å². The highest BCUT2D eigenvalue weighted by Gasteiger charge is 2.16. The van der Waals surface area contributed by atoms with Gasteiger partial charge in [-0.3, -0.25) is 4.79 Å². The van der Waals surface area contributed by atoms with Gasteiger partial charge in [0.1, 0.15) is 17.2 Å². The number of halogens is 2. The van der Waals surface area contributed by atoms with Gasteiger partial charge >= 0.3 is 0 Å². The summed E-state index contributed by atoms with van der Waals surface area (Å²) >= 11 is 0. The minimum absolute atomic E-state index is 0.196. The molecule has 0 fully saturated rings. The number of carbonyl (C=O) groups is 1. The molecule has 1 N–H and O–H groups in total. The van der Waals surface area contributed by atoms with Crippen LogP contribution >= 0.6 is 0 Å². The number of carbonyl (C=O) groups excluding carboxylic acids is 1. The molecular formula is C17H17F2NO2. The summed E-state index contributed by atoms with van der Waals surface area (Å²) in [6, 6.07) is 10.8. The first-order valence-corrected chi connectivity index (χ1v) is 6.99.